The van der Waals surface area contributed by atoms with Gasteiger partial charge in [-0.1, -0.05) is 35.5 Å². The Morgan fingerprint density at radius 2 is 1.94 bits per heavy atom. The number of amides is 1. The molecule has 0 aliphatic heterocycles. The molecule has 3 rings (SSSR count). The van der Waals surface area contributed by atoms with E-state index in [9.17, 15) is 18.0 Å². The van der Waals surface area contributed by atoms with Crippen molar-refractivity contribution in [2.75, 3.05) is 6.26 Å². The van der Waals surface area contributed by atoms with Crippen LogP contribution in [-0.2, 0) is 27.7 Å². The summed E-state index contributed by atoms with van der Waals surface area (Å²) in [5.74, 6) is -1.05. The lowest BCUT2D eigenvalue weighted by atomic mass is 10.1. The Kier molecular flexibility index (Phi) is 6.37. The summed E-state index contributed by atoms with van der Waals surface area (Å²) in [5, 5.41) is 16.9. The molecule has 0 bridgehead atoms. The van der Waals surface area contributed by atoms with E-state index in [1.54, 1.807) is 16.9 Å². The molecule has 1 unspecified atom stereocenters. The summed E-state index contributed by atoms with van der Waals surface area (Å²) in [6.07, 6.45) is 3.81. The Balaban J connectivity index is 1.83. The molecule has 2 heterocycles. The standard InChI is InChI=1S/C20H23N5O5S/c1-20(19(27)22-28,31(2,29)30)9-11-24-10-8-16(12-18(24)26)17-13-21-23-25(17)14-15-6-4-3-5-7-15/h3-8,10,12-13,28H,9,11,14H2,1-2H3,(H,22,27). The van der Waals surface area contributed by atoms with Gasteiger partial charge in [-0.2, -0.15) is 0 Å². The minimum Gasteiger partial charge on any atom is -0.315 e. The quantitative estimate of drug-likeness (QED) is 0.387. The molecule has 11 heteroatoms. The molecule has 0 saturated carbocycles. The first kappa shape index (κ1) is 22.4. The van der Waals surface area contributed by atoms with Crippen molar-refractivity contribution in [3.05, 3.63) is 70.8 Å². The first-order valence-corrected chi connectivity index (χ1v) is 11.3. The van der Waals surface area contributed by atoms with Crippen LogP contribution in [0.4, 0.5) is 0 Å². The average molecular weight is 446 g/mol. The molecule has 0 aliphatic rings. The Bertz CT molecular complexity index is 1240. The van der Waals surface area contributed by atoms with Crippen LogP contribution in [0.25, 0.3) is 11.3 Å². The molecule has 10 nitrogen and oxygen atoms in total. The number of aromatic nitrogens is 4. The van der Waals surface area contributed by atoms with Gasteiger partial charge in [0.25, 0.3) is 11.5 Å². The lowest BCUT2D eigenvalue weighted by molar-refractivity contribution is -0.131. The van der Waals surface area contributed by atoms with Crippen molar-refractivity contribution >= 4 is 15.7 Å². The predicted octanol–water partition coefficient (Wildman–Crippen LogP) is 0.854. The van der Waals surface area contributed by atoms with Crippen LogP contribution in [0.5, 0.6) is 0 Å². The van der Waals surface area contributed by atoms with Crippen molar-refractivity contribution in [3.8, 4) is 11.3 Å². The zero-order valence-electron chi connectivity index (χ0n) is 17.1. The maximum absolute atomic E-state index is 12.6. The maximum atomic E-state index is 12.6. The second kappa shape index (κ2) is 8.82. The second-order valence-corrected chi connectivity index (χ2v) is 9.85. The molecule has 31 heavy (non-hydrogen) atoms. The fraction of sp³-hybridized carbons (Fsp3) is 0.300. The lowest BCUT2D eigenvalue weighted by Crippen LogP contribution is -2.49. The van der Waals surface area contributed by atoms with E-state index in [1.807, 2.05) is 30.3 Å². The first-order valence-electron chi connectivity index (χ1n) is 9.43. The van der Waals surface area contributed by atoms with E-state index in [4.69, 9.17) is 5.21 Å². The number of hydroxylamine groups is 1. The molecular weight excluding hydrogens is 422 g/mol. The Morgan fingerprint density at radius 3 is 2.55 bits per heavy atom. The first-order chi connectivity index (χ1) is 14.7. The van der Waals surface area contributed by atoms with Crippen LogP contribution in [0.15, 0.2) is 59.7 Å². The molecule has 2 N–H and O–H groups in total. The van der Waals surface area contributed by atoms with Crippen molar-refractivity contribution in [3.63, 3.8) is 0 Å². The molecule has 0 radical (unpaired) electrons. The molecule has 0 aliphatic carbocycles. The van der Waals surface area contributed by atoms with Gasteiger partial charge in [-0.15, -0.1) is 5.10 Å². The highest BCUT2D eigenvalue weighted by atomic mass is 32.2. The minimum absolute atomic E-state index is 0.0301. The summed E-state index contributed by atoms with van der Waals surface area (Å²) in [6.45, 7) is 1.67. The number of pyridine rings is 1. The van der Waals surface area contributed by atoms with Crippen LogP contribution in [0.1, 0.15) is 18.9 Å². The van der Waals surface area contributed by atoms with Crippen LogP contribution in [0.2, 0.25) is 0 Å². The Morgan fingerprint density at radius 1 is 1.23 bits per heavy atom. The van der Waals surface area contributed by atoms with Gasteiger partial charge in [-0.3, -0.25) is 14.8 Å². The number of benzene rings is 1. The summed E-state index contributed by atoms with van der Waals surface area (Å²) < 4.78 is 25.3. The van der Waals surface area contributed by atoms with Gasteiger partial charge in [-0.05, 0) is 25.0 Å². The van der Waals surface area contributed by atoms with Crippen LogP contribution in [-0.4, -0.2) is 50.1 Å². The van der Waals surface area contributed by atoms with Gasteiger partial charge in [0.15, 0.2) is 14.6 Å². The van der Waals surface area contributed by atoms with Crippen molar-refractivity contribution < 1.29 is 18.4 Å². The van der Waals surface area contributed by atoms with E-state index in [0.717, 1.165) is 11.8 Å². The second-order valence-electron chi connectivity index (χ2n) is 7.40. The third kappa shape index (κ3) is 4.72. The number of carbonyl (C=O) groups excluding carboxylic acids is 1. The maximum Gasteiger partial charge on any atom is 0.264 e. The highest BCUT2D eigenvalue weighted by Crippen LogP contribution is 2.22. The molecule has 1 aromatic carbocycles. The minimum atomic E-state index is -3.85. The summed E-state index contributed by atoms with van der Waals surface area (Å²) in [6, 6.07) is 12.8. The van der Waals surface area contributed by atoms with E-state index in [1.165, 1.54) is 29.2 Å². The molecular formula is C20H23N5O5S. The smallest absolute Gasteiger partial charge is 0.264 e. The summed E-state index contributed by atoms with van der Waals surface area (Å²) in [7, 11) is -3.85. The SMILES string of the molecule is CC(CCn1ccc(-c2cnnn2Cc2ccccc2)cc1=O)(C(=O)NO)S(C)(=O)=O. The lowest BCUT2D eigenvalue weighted by Gasteiger charge is -2.25. The molecule has 164 valence electrons. The topological polar surface area (TPSA) is 136 Å². The summed E-state index contributed by atoms with van der Waals surface area (Å²) in [4.78, 5) is 24.6. The van der Waals surface area contributed by atoms with Gasteiger partial charge < -0.3 is 4.57 Å². The van der Waals surface area contributed by atoms with Crippen LogP contribution in [0.3, 0.4) is 0 Å². The fourth-order valence-electron chi connectivity index (χ4n) is 3.13. The van der Waals surface area contributed by atoms with Crippen LogP contribution in [0, 0.1) is 0 Å². The van der Waals surface area contributed by atoms with E-state index in [-0.39, 0.29) is 18.5 Å². The largest absolute Gasteiger partial charge is 0.315 e. The highest BCUT2D eigenvalue weighted by molar-refractivity contribution is 7.92. The van der Waals surface area contributed by atoms with Crippen molar-refractivity contribution in [2.24, 2.45) is 0 Å². The van der Waals surface area contributed by atoms with E-state index in [2.05, 4.69) is 10.3 Å². The number of hydrogen-bond donors (Lipinski definition) is 2. The van der Waals surface area contributed by atoms with E-state index >= 15 is 0 Å². The number of rotatable bonds is 8. The number of carbonyl (C=O) groups is 1. The molecule has 0 fully saturated rings. The molecule has 2 aromatic heterocycles. The molecule has 1 amide bonds. The molecule has 1 atom stereocenters. The summed E-state index contributed by atoms with van der Waals surface area (Å²) >= 11 is 0. The van der Waals surface area contributed by atoms with Crippen molar-refractivity contribution in [1.29, 1.82) is 0 Å². The van der Waals surface area contributed by atoms with Gasteiger partial charge in [-0.25, -0.2) is 18.6 Å². The number of sulfone groups is 1. The Labute approximate surface area is 179 Å². The van der Waals surface area contributed by atoms with Crippen molar-refractivity contribution in [1.82, 2.24) is 25.0 Å². The predicted molar refractivity (Wildman–Crippen MR) is 113 cm³/mol. The average Bonchev–Trinajstić information content (AvgIpc) is 3.20. The highest BCUT2D eigenvalue weighted by Gasteiger charge is 2.43. The van der Waals surface area contributed by atoms with Gasteiger partial charge in [0.2, 0.25) is 0 Å². The van der Waals surface area contributed by atoms with Gasteiger partial charge in [0.1, 0.15) is 0 Å². The zero-order chi connectivity index (χ0) is 22.6. The fourth-order valence-corrected chi connectivity index (χ4v) is 3.97. The molecule has 0 saturated heterocycles. The van der Waals surface area contributed by atoms with Gasteiger partial charge in [0.05, 0.1) is 18.4 Å². The van der Waals surface area contributed by atoms with E-state index < -0.39 is 20.5 Å². The number of hydrogen-bond acceptors (Lipinski definition) is 7. The third-order valence-corrected chi connectivity index (χ3v) is 7.34. The van der Waals surface area contributed by atoms with Gasteiger partial charge in [0, 0.05) is 30.6 Å². The summed E-state index contributed by atoms with van der Waals surface area (Å²) in [5.41, 5.74) is 3.33. The molecule has 3 aromatic rings. The molecule has 0 spiro atoms. The zero-order valence-corrected chi connectivity index (χ0v) is 17.9. The normalized spacial score (nSPS) is 13.5. The van der Waals surface area contributed by atoms with Crippen LogP contribution < -0.4 is 11.0 Å². The van der Waals surface area contributed by atoms with Crippen molar-refractivity contribution in [2.45, 2.75) is 31.2 Å². The Hall–Kier alpha value is -3.31. The number of aryl methyl sites for hydroxylation is 1. The number of nitrogens with zero attached hydrogens (tertiary/aromatic N) is 4. The van der Waals surface area contributed by atoms with E-state index in [0.29, 0.717) is 17.8 Å². The van der Waals surface area contributed by atoms with Gasteiger partial charge >= 0.3 is 0 Å². The third-order valence-electron chi connectivity index (χ3n) is 5.31. The van der Waals surface area contributed by atoms with Crippen LogP contribution >= 0.6 is 0 Å². The monoisotopic (exact) mass is 445 g/mol. The number of nitrogens with one attached hydrogen (secondary N) is 1.